The van der Waals surface area contributed by atoms with E-state index in [1.54, 1.807) is 6.07 Å². The van der Waals surface area contributed by atoms with Gasteiger partial charge >= 0.3 is 6.18 Å². The maximum atomic E-state index is 12.4. The Morgan fingerprint density at radius 3 is 2.25 bits per heavy atom. The van der Waals surface area contributed by atoms with Crippen LogP contribution in [0.4, 0.5) is 24.5 Å². The summed E-state index contributed by atoms with van der Waals surface area (Å²) in [5, 5.41) is 3.09. The molecular weight excluding hydrogens is 333 g/mol. The van der Waals surface area contributed by atoms with Gasteiger partial charge in [0.15, 0.2) is 0 Å². The number of nitrogens with one attached hydrogen (secondary N) is 1. The fourth-order valence-corrected chi connectivity index (χ4v) is 2.08. The molecule has 0 spiro atoms. The number of rotatable bonds is 3. The monoisotopic (exact) mass is 344 g/mol. The number of nitrogens with two attached hydrogens (primary N) is 1. The van der Waals surface area contributed by atoms with Crippen molar-refractivity contribution >= 4 is 27.3 Å². The number of hydrogen-bond acceptors (Lipinski definition) is 2. The quantitative estimate of drug-likeness (QED) is 0.794. The topological polar surface area (TPSA) is 38.0 Å². The van der Waals surface area contributed by atoms with Gasteiger partial charge in [0.2, 0.25) is 0 Å². The van der Waals surface area contributed by atoms with Gasteiger partial charge < -0.3 is 11.1 Å². The average molecular weight is 345 g/mol. The Kier molecular flexibility index (Phi) is 4.23. The lowest BCUT2D eigenvalue weighted by molar-refractivity contribution is -0.137. The lowest BCUT2D eigenvalue weighted by atomic mass is 10.1. The van der Waals surface area contributed by atoms with E-state index in [0.29, 0.717) is 12.2 Å². The fourth-order valence-electron chi connectivity index (χ4n) is 1.70. The van der Waals surface area contributed by atoms with Crippen LogP contribution in [-0.4, -0.2) is 0 Å². The van der Waals surface area contributed by atoms with E-state index in [2.05, 4.69) is 21.2 Å². The van der Waals surface area contributed by atoms with E-state index in [1.165, 1.54) is 12.1 Å². The molecule has 2 nitrogen and oxygen atoms in total. The molecule has 0 radical (unpaired) electrons. The molecule has 0 amide bonds. The van der Waals surface area contributed by atoms with Gasteiger partial charge in [-0.3, -0.25) is 0 Å². The summed E-state index contributed by atoms with van der Waals surface area (Å²) in [6.45, 7) is 0.407. The minimum absolute atomic E-state index is 0.407. The van der Waals surface area contributed by atoms with Crippen molar-refractivity contribution in [2.75, 3.05) is 11.1 Å². The summed E-state index contributed by atoms with van der Waals surface area (Å²) in [5.74, 6) is 0. The highest BCUT2D eigenvalue weighted by Crippen LogP contribution is 2.29. The van der Waals surface area contributed by atoms with Crippen molar-refractivity contribution in [1.82, 2.24) is 0 Å². The third-order valence-corrected chi connectivity index (χ3v) is 3.27. The first-order chi connectivity index (χ1) is 9.36. The molecule has 0 bridgehead atoms. The summed E-state index contributed by atoms with van der Waals surface area (Å²) in [7, 11) is 0. The molecule has 0 unspecified atom stereocenters. The maximum Gasteiger partial charge on any atom is 0.416 e. The summed E-state index contributed by atoms with van der Waals surface area (Å²) in [4.78, 5) is 0. The Balaban J connectivity index is 2.04. The van der Waals surface area contributed by atoms with E-state index in [9.17, 15) is 13.2 Å². The minimum Gasteiger partial charge on any atom is -0.397 e. The summed E-state index contributed by atoms with van der Waals surface area (Å²) in [5.41, 5.74) is 7.25. The standard InChI is InChI=1S/C14H12BrF3N2/c15-11-5-6-13(12(19)7-11)20-8-9-1-3-10(4-2-9)14(16,17)18/h1-7,20H,8,19H2. The van der Waals surface area contributed by atoms with Crippen LogP contribution >= 0.6 is 15.9 Å². The van der Waals surface area contributed by atoms with E-state index < -0.39 is 11.7 Å². The van der Waals surface area contributed by atoms with Gasteiger partial charge in [0.1, 0.15) is 0 Å². The molecular formula is C14H12BrF3N2. The Morgan fingerprint density at radius 2 is 1.70 bits per heavy atom. The molecule has 106 valence electrons. The van der Waals surface area contributed by atoms with Crippen molar-refractivity contribution in [3.05, 3.63) is 58.1 Å². The van der Waals surface area contributed by atoms with Crippen LogP contribution < -0.4 is 11.1 Å². The van der Waals surface area contributed by atoms with Crippen LogP contribution in [0.15, 0.2) is 46.9 Å². The van der Waals surface area contributed by atoms with E-state index >= 15 is 0 Å². The van der Waals surface area contributed by atoms with E-state index in [4.69, 9.17) is 5.73 Å². The molecule has 0 aromatic heterocycles. The molecule has 0 heterocycles. The number of nitrogen functional groups attached to an aromatic ring is 1. The maximum absolute atomic E-state index is 12.4. The van der Waals surface area contributed by atoms with Crippen LogP contribution in [0.3, 0.4) is 0 Å². The summed E-state index contributed by atoms with van der Waals surface area (Å²) in [6.07, 6.45) is -4.30. The second kappa shape index (κ2) is 5.75. The summed E-state index contributed by atoms with van der Waals surface area (Å²) in [6, 6.07) is 10.4. The SMILES string of the molecule is Nc1cc(Br)ccc1NCc1ccc(C(F)(F)F)cc1. The molecule has 0 saturated heterocycles. The first-order valence-corrected chi connectivity index (χ1v) is 6.60. The molecule has 2 aromatic carbocycles. The van der Waals surface area contributed by atoms with Crippen LogP contribution in [0.2, 0.25) is 0 Å². The second-order valence-corrected chi connectivity index (χ2v) is 5.20. The smallest absolute Gasteiger partial charge is 0.397 e. The molecule has 0 aliphatic rings. The van der Waals surface area contributed by atoms with Crippen LogP contribution in [-0.2, 0) is 12.7 Å². The number of alkyl halides is 3. The summed E-state index contributed by atoms with van der Waals surface area (Å²) >= 11 is 3.30. The molecule has 0 saturated carbocycles. The van der Waals surface area contributed by atoms with Gasteiger partial charge in [-0.15, -0.1) is 0 Å². The third kappa shape index (κ3) is 3.66. The van der Waals surface area contributed by atoms with Crippen molar-refractivity contribution in [3.8, 4) is 0 Å². The zero-order valence-corrected chi connectivity index (χ0v) is 11.9. The first-order valence-electron chi connectivity index (χ1n) is 5.81. The molecule has 20 heavy (non-hydrogen) atoms. The van der Waals surface area contributed by atoms with Gasteiger partial charge in [-0.25, -0.2) is 0 Å². The zero-order valence-electron chi connectivity index (χ0n) is 10.3. The molecule has 6 heteroatoms. The van der Waals surface area contributed by atoms with Crippen molar-refractivity contribution in [2.45, 2.75) is 12.7 Å². The van der Waals surface area contributed by atoms with Gasteiger partial charge in [-0.2, -0.15) is 13.2 Å². The number of benzene rings is 2. The lowest BCUT2D eigenvalue weighted by Crippen LogP contribution is -2.06. The predicted molar refractivity (Wildman–Crippen MR) is 77.3 cm³/mol. The van der Waals surface area contributed by atoms with Gasteiger partial charge in [-0.1, -0.05) is 28.1 Å². The van der Waals surface area contributed by atoms with Gasteiger partial charge in [0.05, 0.1) is 16.9 Å². The predicted octanol–water partition coefficient (Wildman–Crippen LogP) is 4.66. The Morgan fingerprint density at radius 1 is 1.05 bits per heavy atom. The highest BCUT2D eigenvalue weighted by molar-refractivity contribution is 9.10. The van der Waals surface area contributed by atoms with Crippen molar-refractivity contribution < 1.29 is 13.2 Å². The minimum atomic E-state index is -4.30. The largest absolute Gasteiger partial charge is 0.416 e. The van der Waals surface area contributed by atoms with E-state index in [0.717, 1.165) is 27.9 Å². The van der Waals surface area contributed by atoms with E-state index in [-0.39, 0.29) is 0 Å². The van der Waals surface area contributed by atoms with Crippen molar-refractivity contribution in [3.63, 3.8) is 0 Å². The van der Waals surface area contributed by atoms with Crippen molar-refractivity contribution in [2.24, 2.45) is 0 Å². The number of halogens is 4. The molecule has 0 fully saturated rings. The Hall–Kier alpha value is -1.69. The van der Waals surface area contributed by atoms with Crippen LogP contribution in [0.1, 0.15) is 11.1 Å². The number of anilines is 2. The highest BCUT2D eigenvalue weighted by Gasteiger charge is 2.29. The highest BCUT2D eigenvalue weighted by atomic mass is 79.9. The van der Waals surface area contributed by atoms with E-state index in [1.807, 2.05) is 12.1 Å². The molecule has 2 aromatic rings. The van der Waals surface area contributed by atoms with Crippen LogP contribution in [0, 0.1) is 0 Å². The molecule has 0 aliphatic heterocycles. The normalized spacial score (nSPS) is 11.4. The Bertz CT molecular complexity index is 594. The first kappa shape index (κ1) is 14.7. The van der Waals surface area contributed by atoms with Crippen molar-refractivity contribution in [1.29, 1.82) is 0 Å². The van der Waals surface area contributed by atoms with Crippen LogP contribution in [0.5, 0.6) is 0 Å². The summed E-state index contributed by atoms with van der Waals surface area (Å²) < 4.78 is 38.1. The van der Waals surface area contributed by atoms with Gasteiger partial charge in [-0.05, 0) is 35.9 Å². The molecule has 2 rings (SSSR count). The third-order valence-electron chi connectivity index (χ3n) is 2.78. The average Bonchev–Trinajstić information content (AvgIpc) is 2.37. The molecule has 0 aliphatic carbocycles. The molecule has 0 atom stereocenters. The second-order valence-electron chi connectivity index (χ2n) is 4.28. The fraction of sp³-hybridized carbons (Fsp3) is 0.143. The van der Waals surface area contributed by atoms with Gasteiger partial charge in [0, 0.05) is 11.0 Å². The lowest BCUT2D eigenvalue weighted by Gasteiger charge is -2.11. The zero-order chi connectivity index (χ0) is 14.8. The molecule has 3 N–H and O–H groups in total. The Labute approximate surface area is 122 Å². The van der Waals surface area contributed by atoms with Crippen LogP contribution in [0.25, 0.3) is 0 Å². The number of hydrogen-bond donors (Lipinski definition) is 2. The van der Waals surface area contributed by atoms with Gasteiger partial charge in [0.25, 0.3) is 0 Å².